The Balaban J connectivity index is 1.77. The van der Waals surface area contributed by atoms with Crippen molar-refractivity contribution in [3.8, 4) is 5.75 Å². The van der Waals surface area contributed by atoms with Gasteiger partial charge in [-0.25, -0.2) is 9.18 Å². The fourth-order valence-corrected chi connectivity index (χ4v) is 2.51. The first kappa shape index (κ1) is 16.7. The van der Waals surface area contributed by atoms with Crippen LogP contribution in [0.4, 0.5) is 14.9 Å². The molecular weight excluding hydrogens is 325 g/mol. The van der Waals surface area contributed by atoms with Crippen LogP contribution in [0.3, 0.4) is 0 Å². The molecule has 0 aromatic heterocycles. The molecule has 1 saturated heterocycles. The van der Waals surface area contributed by atoms with Gasteiger partial charge in [-0.05, 0) is 35.9 Å². The van der Waals surface area contributed by atoms with E-state index in [1.807, 2.05) is 0 Å². The SMILES string of the molecule is COc1ccc(/C=C/C(=O)c2cccc(N3CCOC3=O)c2)cc1F. The van der Waals surface area contributed by atoms with Crippen LogP contribution in [-0.4, -0.2) is 32.1 Å². The third kappa shape index (κ3) is 3.68. The molecule has 1 amide bonds. The number of allylic oxidation sites excluding steroid dienone is 1. The van der Waals surface area contributed by atoms with Crippen LogP contribution < -0.4 is 9.64 Å². The van der Waals surface area contributed by atoms with Crippen molar-refractivity contribution in [1.82, 2.24) is 0 Å². The minimum absolute atomic E-state index is 0.147. The zero-order valence-electron chi connectivity index (χ0n) is 13.6. The molecule has 25 heavy (non-hydrogen) atoms. The van der Waals surface area contributed by atoms with Crippen molar-refractivity contribution >= 4 is 23.6 Å². The Morgan fingerprint density at radius 2 is 2.12 bits per heavy atom. The molecular formula is C19H16FNO4. The summed E-state index contributed by atoms with van der Waals surface area (Å²) in [5.41, 5.74) is 1.59. The number of cyclic esters (lactones) is 1. The first-order valence-corrected chi connectivity index (χ1v) is 7.69. The number of methoxy groups -OCH3 is 1. The molecule has 1 fully saturated rings. The summed E-state index contributed by atoms with van der Waals surface area (Å²) in [7, 11) is 1.39. The maximum absolute atomic E-state index is 13.7. The van der Waals surface area contributed by atoms with Crippen LogP contribution in [0.2, 0.25) is 0 Å². The molecule has 1 heterocycles. The topological polar surface area (TPSA) is 55.8 Å². The third-order valence-corrected chi connectivity index (χ3v) is 3.81. The van der Waals surface area contributed by atoms with Gasteiger partial charge in [-0.3, -0.25) is 9.69 Å². The van der Waals surface area contributed by atoms with Gasteiger partial charge in [-0.2, -0.15) is 0 Å². The summed E-state index contributed by atoms with van der Waals surface area (Å²) in [5.74, 6) is -0.592. The van der Waals surface area contributed by atoms with Crippen molar-refractivity contribution in [2.24, 2.45) is 0 Å². The maximum Gasteiger partial charge on any atom is 0.414 e. The minimum atomic E-state index is -0.494. The van der Waals surface area contributed by atoms with Crippen molar-refractivity contribution in [3.05, 3.63) is 65.5 Å². The van der Waals surface area contributed by atoms with Crippen LogP contribution in [-0.2, 0) is 4.74 Å². The zero-order chi connectivity index (χ0) is 17.8. The number of anilines is 1. The molecule has 0 saturated carbocycles. The Labute approximate surface area is 144 Å². The number of nitrogens with zero attached hydrogens (tertiary/aromatic N) is 1. The number of hydrogen-bond acceptors (Lipinski definition) is 4. The molecule has 0 N–H and O–H groups in total. The molecule has 0 spiro atoms. The summed E-state index contributed by atoms with van der Waals surface area (Å²) in [4.78, 5) is 25.4. The first-order valence-electron chi connectivity index (χ1n) is 7.69. The first-order chi connectivity index (χ1) is 12.1. The Hall–Kier alpha value is -3.15. The second kappa shape index (κ2) is 7.17. The highest BCUT2D eigenvalue weighted by molar-refractivity contribution is 6.07. The van der Waals surface area contributed by atoms with Gasteiger partial charge in [0.2, 0.25) is 0 Å². The lowest BCUT2D eigenvalue weighted by molar-refractivity contribution is 0.104. The number of hydrogen-bond donors (Lipinski definition) is 0. The van der Waals surface area contributed by atoms with E-state index in [4.69, 9.17) is 9.47 Å². The van der Waals surface area contributed by atoms with E-state index in [9.17, 15) is 14.0 Å². The highest BCUT2D eigenvalue weighted by Crippen LogP contribution is 2.21. The number of benzene rings is 2. The Morgan fingerprint density at radius 3 is 2.80 bits per heavy atom. The molecule has 1 aliphatic heterocycles. The van der Waals surface area contributed by atoms with Crippen LogP contribution in [0.25, 0.3) is 6.08 Å². The summed E-state index contributed by atoms with van der Waals surface area (Å²) in [6.45, 7) is 0.789. The lowest BCUT2D eigenvalue weighted by Crippen LogP contribution is -2.23. The molecule has 1 aliphatic rings. The van der Waals surface area contributed by atoms with Crippen LogP contribution in [0.1, 0.15) is 15.9 Å². The van der Waals surface area contributed by atoms with Crippen LogP contribution in [0.15, 0.2) is 48.5 Å². The predicted molar refractivity (Wildman–Crippen MR) is 91.5 cm³/mol. The van der Waals surface area contributed by atoms with Crippen molar-refractivity contribution in [2.45, 2.75) is 0 Å². The molecule has 2 aromatic rings. The number of halogens is 1. The minimum Gasteiger partial charge on any atom is -0.494 e. The number of carbonyl (C=O) groups excluding carboxylic acids is 2. The van der Waals surface area contributed by atoms with E-state index in [1.54, 1.807) is 30.3 Å². The van der Waals surface area contributed by atoms with Crippen molar-refractivity contribution < 1.29 is 23.5 Å². The van der Waals surface area contributed by atoms with E-state index in [-0.39, 0.29) is 11.5 Å². The Kier molecular flexibility index (Phi) is 4.79. The number of carbonyl (C=O) groups is 2. The molecule has 0 radical (unpaired) electrons. The molecule has 6 heteroatoms. The van der Waals surface area contributed by atoms with E-state index in [2.05, 4.69) is 0 Å². The molecule has 5 nitrogen and oxygen atoms in total. The molecule has 3 rings (SSSR count). The van der Waals surface area contributed by atoms with Gasteiger partial charge in [0.05, 0.1) is 13.7 Å². The fourth-order valence-electron chi connectivity index (χ4n) is 2.51. The summed E-state index contributed by atoms with van der Waals surface area (Å²) < 4.78 is 23.4. The summed E-state index contributed by atoms with van der Waals surface area (Å²) in [6, 6.07) is 11.2. The van der Waals surface area contributed by atoms with E-state index in [0.29, 0.717) is 30.0 Å². The molecule has 128 valence electrons. The fraction of sp³-hybridized carbons (Fsp3) is 0.158. The average Bonchev–Trinajstić information content (AvgIpc) is 3.06. The average molecular weight is 341 g/mol. The van der Waals surface area contributed by atoms with Gasteiger partial charge in [0.25, 0.3) is 0 Å². The summed E-state index contributed by atoms with van der Waals surface area (Å²) in [6.07, 6.45) is 2.47. The van der Waals surface area contributed by atoms with Crippen LogP contribution in [0.5, 0.6) is 5.75 Å². The second-order valence-electron chi connectivity index (χ2n) is 5.41. The number of rotatable bonds is 5. The normalized spacial score (nSPS) is 14.0. The van der Waals surface area contributed by atoms with Crippen molar-refractivity contribution in [2.75, 3.05) is 25.2 Å². The van der Waals surface area contributed by atoms with Gasteiger partial charge in [0.1, 0.15) is 6.61 Å². The standard InChI is InChI=1S/C19H16FNO4/c1-24-18-8-6-13(11-16(18)20)5-7-17(22)14-3-2-4-15(12-14)21-9-10-25-19(21)23/h2-8,11-12H,9-10H2,1H3/b7-5+. The van der Waals surface area contributed by atoms with Gasteiger partial charge in [0.15, 0.2) is 17.3 Å². The molecule has 0 bridgehead atoms. The summed E-state index contributed by atoms with van der Waals surface area (Å²) >= 11 is 0. The number of amides is 1. The smallest absolute Gasteiger partial charge is 0.414 e. The van der Waals surface area contributed by atoms with Gasteiger partial charge in [-0.1, -0.05) is 24.3 Å². The summed E-state index contributed by atoms with van der Waals surface area (Å²) in [5, 5.41) is 0. The molecule has 0 unspecified atom stereocenters. The molecule has 0 aliphatic carbocycles. The van der Waals surface area contributed by atoms with Crippen LogP contribution >= 0.6 is 0 Å². The zero-order valence-corrected chi connectivity index (χ0v) is 13.6. The Bertz CT molecular complexity index is 847. The van der Waals surface area contributed by atoms with Gasteiger partial charge in [0, 0.05) is 11.3 Å². The quantitative estimate of drug-likeness (QED) is 0.615. The lowest BCUT2D eigenvalue weighted by Gasteiger charge is -2.13. The maximum atomic E-state index is 13.7. The monoisotopic (exact) mass is 341 g/mol. The molecule has 2 aromatic carbocycles. The van der Waals surface area contributed by atoms with Gasteiger partial charge in [-0.15, -0.1) is 0 Å². The van der Waals surface area contributed by atoms with Gasteiger partial charge >= 0.3 is 6.09 Å². The van der Waals surface area contributed by atoms with Gasteiger partial charge < -0.3 is 9.47 Å². The van der Waals surface area contributed by atoms with E-state index >= 15 is 0 Å². The lowest BCUT2D eigenvalue weighted by atomic mass is 10.1. The third-order valence-electron chi connectivity index (χ3n) is 3.81. The second-order valence-corrected chi connectivity index (χ2v) is 5.41. The van der Waals surface area contributed by atoms with E-state index in [0.717, 1.165) is 0 Å². The Morgan fingerprint density at radius 1 is 1.28 bits per heavy atom. The largest absolute Gasteiger partial charge is 0.494 e. The number of ketones is 1. The van der Waals surface area contributed by atoms with E-state index < -0.39 is 11.9 Å². The highest BCUT2D eigenvalue weighted by atomic mass is 19.1. The predicted octanol–water partition coefficient (Wildman–Crippen LogP) is 3.69. The van der Waals surface area contributed by atoms with Crippen molar-refractivity contribution in [1.29, 1.82) is 0 Å². The van der Waals surface area contributed by atoms with Crippen LogP contribution in [0, 0.1) is 5.82 Å². The number of ether oxygens (including phenoxy) is 2. The highest BCUT2D eigenvalue weighted by Gasteiger charge is 2.23. The molecule has 0 atom stereocenters. The van der Waals surface area contributed by atoms with E-state index in [1.165, 1.54) is 36.3 Å². The van der Waals surface area contributed by atoms with Crippen molar-refractivity contribution in [3.63, 3.8) is 0 Å².